The van der Waals surface area contributed by atoms with Gasteiger partial charge in [0.25, 0.3) is 0 Å². The average molecular weight is 230 g/mol. The molecule has 0 bridgehead atoms. The first kappa shape index (κ1) is 11.9. The van der Waals surface area contributed by atoms with Crippen molar-refractivity contribution in [3.8, 4) is 0 Å². The van der Waals surface area contributed by atoms with Crippen molar-refractivity contribution in [2.24, 2.45) is 0 Å². The number of carbonyl (C=O) groups excluding carboxylic acids is 1. The van der Waals surface area contributed by atoms with Gasteiger partial charge in [0, 0.05) is 17.4 Å². The van der Waals surface area contributed by atoms with Crippen molar-refractivity contribution in [1.29, 1.82) is 0 Å². The lowest BCUT2D eigenvalue weighted by Crippen LogP contribution is -2.10. The molecule has 0 fully saturated rings. The highest BCUT2D eigenvalue weighted by Crippen LogP contribution is 2.32. The molecular formula is C15H18O2. The fourth-order valence-corrected chi connectivity index (χ4v) is 1.97. The molecule has 2 nitrogen and oxygen atoms in total. The van der Waals surface area contributed by atoms with E-state index in [0.29, 0.717) is 12.2 Å². The van der Waals surface area contributed by atoms with Gasteiger partial charge in [0.2, 0.25) is 0 Å². The fraction of sp³-hybridized carbons (Fsp3) is 0.400. The smallest absolute Gasteiger partial charge is 0.197 e. The van der Waals surface area contributed by atoms with Gasteiger partial charge >= 0.3 is 0 Å². The van der Waals surface area contributed by atoms with E-state index in [-0.39, 0.29) is 11.2 Å². The Bertz CT molecular complexity index is 556. The molecule has 0 saturated carbocycles. The molecule has 17 heavy (non-hydrogen) atoms. The van der Waals surface area contributed by atoms with Gasteiger partial charge in [0.1, 0.15) is 5.58 Å². The van der Waals surface area contributed by atoms with Crippen molar-refractivity contribution >= 4 is 16.8 Å². The SMILES string of the molecule is CCC(=O)c1cc2cccc(C(C)(C)C)c2o1. The van der Waals surface area contributed by atoms with Crippen molar-refractivity contribution in [2.45, 2.75) is 39.5 Å². The van der Waals surface area contributed by atoms with Crippen molar-refractivity contribution in [3.05, 3.63) is 35.6 Å². The lowest BCUT2D eigenvalue weighted by molar-refractivity contribution is 0.0963. The van der Waals surface area contributed by atoms with Crippen LogP contribution in [-0.4, -0.2) is 5.78 Å². The lowest BCUT2D eigenvalue weighted by Gasteiger charge is -2.18. The van der Waals surface area contributed by atoms with Gasteiger partial charge in [0.05, 0.1) is 0 Å². The number of Topliss-reactive ketones (excluding diaryl/α,β-unsaturated/α-hetero) is 1. The molecule has 2 rings (SSSR count). The Morgan fingerprint density at radius 3 is 2.59 bits per heavy atom. The van der Waals surface area contributed by atoms with Gasteiger partial charge < -0.3 is 4.42 Å². The summed E-state index contributed by atoms with van der Waals surface area (Å²) < 4.78 is 5.73. The lowest BCUT2D eigenvalue weighted by atomic mass is 9.86. The summed E-state index contributed by atoms with van der Waals surface area (Å²) in [6.07, 6.45) is 0.477. The molecule has 1 heterocycles. The molecule has 0 atom stereocenters. The van der Waals surface area contributed by atoms with Crippen LogP contribution >= 0.6 is 0 Å². The second-order valence-corrected chi connectivity index (χ2v) is 5.36. The number of furan rings is 1. The van der Waals surface area contributed by atoms with Gasteiger partial charge in [-0.15, -0.1) is 0 Å². The van der Waals surface area contributed by atoms with Crippen LogP contribution in [0.2, 0.25) is 0 Å². The van der Waals surface area contributed by atoms with Crippen molar-refractivity contribution in [3.63, 3.8) is 0 Å². The van der Waals surface area contributed by atoms with Gasteiger partial charge in [-0.25, -0.2) is 0 Å². The standard InChI is InChI=1S/C15H18O2/c1-5-12(16)13-9-10-7-6-8-11(14(10)17-13)15(2,3)4/h6-9H,5H2,1-4H3. The molecule has 90 valence electrons. The summed E-state index contributed by atoms with van der Waals surface area (Å²) in [5.74, 6) is 0.528. The zero-order valence-electron chi connectivity index (χ0n) is 10.8. The quantitative estimate of drug-likeness (QED) is 0.719. The molecule has 2 aromatic rings. The van der Waals surface area contributed by atoms with Crippen LogP contribution in [0.3, 0.4) is 0 Å². The second-order valence-electron chi connectivity index (χ2n) is 5.36. The van der Waals surface area contributed by atoms with Crippen LogP contribution in [0.4, 0.5) is 0 Å². The molecule has 0 aliphatic heterocycles. The maximum absolute atomic E-state index is 11.7. The molecule has 0 radical (unpaired) electrons. The molecule has 0 unspecified atom stereocenters. The van der Waals surface area contributed by atoms with E-state index in [0.717, 1.165) is 16.5 Å². The molecule has 1 aromatic carbocycles. The third-order valence-corrected chi connectivity index (χ3v) is 2.95. The zero-order chi connectivity index (χ0) is 12.6. The van der Waals surface area contributed by atoms with E-state index in [1.54, 1.807) is 0 Å². The van der Waals surface area contributed by atoms with Gasteiger partial charge in [-0.05, 0) is 11.5 Å². The molecular weight excluding hydrogens is 212 g/mol. The Balaban J connectivity index is 2.65. The predicted molar refractivity (Wildman–Crippen MR) is 69.5 cm³/mol. The van der Waals surface area contributed by atoms with Crippen LogP contribution in [0.1, 0.15) is 50.2 Å². The molecule has 0 saturated heterocycles. The average Bonchev–Trinajstić information content (AvgIpc) is 2.69. The van der Waals surface area contributed by atoms with E-state index >= 15 is 0 Å². The predicted octanol–water partition coefficient (Wildman–Crippen LogP) is 4.32. The summed E-state index contributed by atoms with van der Waals surface area (Å²) in [6.45, 7) is 8.28. The van der Waals surface area contributed by atoms with E-state index in [9.17, 15) is 4.79 Å². The largest absolute Gasteiger partial charge is 0.453 e. The van der Waals surface area contributed by atoms with Crippen LogP contribution < -0.4 is 0 Å². The number of para-hydroxylation sites is 1. The van der Waals surface area contributed by atoms with Gasteiger partial charge in [-0.2, -0.15) is 0 Å². The minimum absolute atomic E-state index is 0.0178. The monoisotopic (exact) mass is 230 g/mol. The van der Waals surface area contributed by atoms with E-state index in [4.69, 9.17) is 4.42 Å². The van der Waals surface area contributed by atoms with Crippen molar-refractivity contribution < 1.29 is 9.21 Å². The highest BCUT2D eigenvalue weighted by molar-refractivity contribution is 5.98. The minimum atomic E-state index is 0.0178. The van der Waals surface area contributed by atoms with Crippen LogP contribution in [-0.2, 0) is 5.41 Å². The van der Waals surface area contributed by atoms with E-state index in [1.165, 1.54) is 0 Å². The van der Waals surface area contributed by atoms with Crippen LogP contribution in [0.15, 0.2) is 28.7 Å². The van der Waals surface area contributed by atoms with Crippen molar-refractivity contribution in [1.82, 2.24) is 0 Å². The maximum Gasteiger partial charge on any atom is 0.197 e. The molecule has 0 aliphatic rings. The zero-order valence-corrected chi connectivity index (χ0v) is 10.8. The maximum atomic E-state index is 11.7. The summed E-state index contributed by atoms with van der Waals surface area (Å²) in [4.78, 5) is 11.7. The Kier molecular flexibility index (Phi) is 2.82. The molecule has 1 aromatic heterocycles. The van der Waals surface area contributed by atoms with Gasteiger partial charge in [-0.1, -0.05) is 45.9 Å². The number of benzene rings is 1. The number of carbonyl (C=O) groups is 1. The van der Waals surface area contributed by atoms with E-state index in [1.807, 2.05) is 25.1 Å². The summed E-state index contributed by atoms with van der Waals surface area (Å²) in [6, 6.07) is 7.90. The molecule has 0 amide bonds. The highest BCUT2D eigenvalue weighted by Gasteiger charge is 2.20. The molecule has 2 heteroatoms. The van der Waals surface area contributed by atoms with Crippen LogP contribution in [0.25, 0.3) is 11.0 Å². The second kappa shape index (κ2) is 4.02. The Morgan fingerprint density at radius 1 is 1.29 bits per heavy atom. The third kappa shape index (κ3) is 2.12. The minimum Gasteiger partial charge on any atom is -0.453 e. The summed E-state index contributed by atoms with van der Waals surface area (Å²) >= 11 is 0. The van der Waals surface area contributed by atoms with Crippen LogP contribution in [0, 0.1) is 0 Å². The topological polar surface area (TPSA) is 30.2 Å². The third-order valence-electron chi connectivity index (χ3n) is 2.95. The Hall–Kier alpha value is -1.57. The summed E-state index contributed by atoms with van der Waals surface area (Å²) in [7, 11) is 0. The number of hydrogen-bond donors (Lipinski definition) is 0. The Labute approximate surface area is 102 Å². The summed E-state index contributed by atoms with van der Waals surface area (Å²) in [5.41, 5.74) is 2.01. The van der Waals surface area contributed by atoms with E-state index in [2.05, 4.69) is 26.8 Å². The molecule has 0 aliphatic carbocycles. The number of ketones is 1. The van der Waals surface area contributed by atoms with Gasteiger partial charge in [0.15, 0.2) is 11.5 Å². The molecule has 0 N–H and O–H groups in total. The summed E-state index contributed by atoms with van der Waals surface area (Å²) in [5, 5.41) is 1.01. The molecule has 0 spiro atoms. The highest BCUT2D eigenvalue weighted by atomic mass is 16.3. The first-order valence-electron chi connectivity index (χ1n) is 5.99. The fourth-order valence-electron chi connectivity index (χ4n) is 1.97. The number of hydrogen-bond acceptors (Lipinski definition) is 2. The number of fused-ring (bicyclic) bond motifs is 1. The van der Waals surface area contributed by atoms with Crippen molar-refractivity contribution in [2.75, 3.05) is 0 Å². The van der Waals surface area contributed by atoms with E-state index < -0.39 is 0 Å². The van der Waals surface area contributed by atoms with Crippen LogP contribution in [0.5, 0.6) is 0 Å². The van der Waals surface area contributed by atoms with Gasteiger partial charge in [-0.3, -0.25) is 4.79 Å². The number of rotatable bonds is 2. The first-order valence-corrected chi connectivity index (χ1v) is 5.99. The normalized spacial score (nSPS) is 12.0. The Morgan fingerprint density at radius 2 is 2.00 bits per heavy atom. The first-order chi connectivity index (χ1) is 7.93.